The molecule has 7 heteroatoms. The molecular weight excluding hydrogens is 375 g/mol. The van der Waals surface area contributed by atoms with E-state index in [1.54, 1.807) is 12.1 Å². The van der Waals surface area contributed by atoms with Crippen molar-refractivity contribution in [2.45, 2.75) is 36.7 Å². The second-order valence-electron chi connectivity index (χ2n) is 7.02. The van der Waals surface area contributed by atoms with Crippen LogP contribution in [-0.2, 0) is 18.3 Å². The van der Waals surface area contributed by atoms with Gasteiger partial charge in [0.05, 0.1) is 5.25 Å². The normalized spacial score (nSPS) is 16.9. The van der Waals surface area contributed by atoms with E-state index in [0.29, 0.717) is 11.0 Å². The first-order valence-corrected chi connectivity index (χ1v) is 10.1. The van der Waals surface area contributed by atoms with Crippen LogP contribution in [0.3, 0.4) is 0 Å². The molecule has 0 aliphatic carbocycles. The molecule has 1 amide bonds. The Morgan fingerprint density at radius 2 is 1.89 bits per heavy atom. The lowest BCUT2D eigenvalue weighted by atomic mass is 10.1. The summed E-state index contributed by atoms with van der Waals surface area (Å²) in [6.45, 7) is 3.97. The van der Waals surface area contributed by atoms with Crippen LogP contribution in [-0.4, -0.2) is 32.0 Å². The molecule has 1 aliphatic rings. The lowest BCUT2D eigenvalue weighted by Gasteiger charge is -2.25. The van der Waals surface area contributed by atoms with E-state index in [9.17, 15) is 9.18 Å². The third-order valence-corrected chi connectivity index (χ3v) is 6.13. The number of carbonyl (C=O) groups is 1. The van der Waals surface area contributed by atoms with Gasteiger partial charge in [-0.2, -0.15) is 0 Å². The van der Waals surface area contributed by atoms with E-state index in [1.165, 1.54) is 29.5 Å². The predicted octanol–water partition coefficient (Wildman–Crippen LogP) is 4.08. The van der Waals surface area contributed by atoms with Gasteiger partial charge in [0, 0.05) is 24.3 Å². The third kappa shape index (κ3) is 3.30. The summed E-state index contributed by atoms with van der Waals surface area (Å²) in [5.41, 5.74) is 2.99. The average molecular weight is 396 g/mol. The number of halogens is 1. The van der Waals surface area contributed by atoms with Crippen molar-refractivity contribution in [3.8, 4) is 11.4 Å². The molecule has 2 atom stereocenters. The minimum Gasteiger partial charge on any atom is -0.308 e. The summed E-state index contributed by atoms with van der Waals surface area (Å²) in [4.78, 5) is 15.0. The van der Waals surface area contributed by atoms with E-state index in [2.05, 4.69) is 23.2 Å². The van der Waals surface area contributed by atoms with Gasteiger partial charge in [0.25, 0.3) is 0 Å². The van der Waals surface area contributed by atoms with Crippen molar-refractivity contribution in [3.63, 3.8) is 0 Å². The molecule has 2 unspecified atom stereocenters. The van der Waals surface area contributed by atoms with E-state index in [0.717, 1.165) is 17.7 Å². The number of aromatic nitrogens is 3. The second kappa shape index (κ2) is 7.39. The molecule has 5 nitrogen and oxygen atoms in total. The van der Waals surface area contributed by atoms with Crippen LogP contribution in [0.4, 0.5) is 10.1 Å². The van der Waals surface area contributed by atoms with Crippen LogP contribution in [0.5, 0.6) is 0 Å². The topological polar surface area (TPSA) is 51.0 Å². The SMILES string of the molecule is CC(Sc1nnc(-c2ccc(F)cc2)n1C)C(=O)N1c2ccccc2CC1C. The van der Waals surface area contributed by atoms with Crippen LogP contribution in [0.15, 0.2) is 53.7 Å². The number of thioether (sulfide) groups is 1. The summed E-state index contributed by atoms with van der Waals surface area (Å²) in [5, 5.41) is 8.80. The summed E-state index contributed by atoms with van der Waals surface area (Å²) in [6, 6.07) is 14.3. The highest BCUT2D eigenvalue weighted by Gasteiger charge is 2.34. The number of para-hydroxylation sites is 1. The molecule has 1 aromatic heterocycles. The quantitative estimate of drug-likeness (QED) is 0.624. The predicted molar refractivity (Wildman–Crippen MR) is 109 cm³/mol. The van der Waals surface area contributed by atoms with Crippen molar-refractivity contribution in [1.29, 1.82) is 0 Å². The first kappa shape index (κ1) is 18.7. The molecule has 0 saturated carbocycles. The molecule has 2 aromatic carbocycles. The van der Waals surface area contributed by atoms with Crippen LogP contribution >= 0.6 is 11.8 Å². The fourth-order valence-corrected chi connectivity index (χ4v) is 4.44. The maximum atomic E-state index is 13.2. The maximum absolute atomic E-state index is 13.2. The molecule has 0 saturated heterocycles. The molecule has 28 heavy (non-hydrogen) atoms. The van der Waals surface area contributed by atoms with E-state index in [4.69, 9.17) is 0 Å². The molecule has 144 valence electrons. The number of rotatable bonds is 4. The lowest BCUT2D eigenvalue weighted by Crippen LogP contribution is -2.40. The molecule has 1 aliphatic heterocycles. The number of hydrogen-bond donors (Lipinski definition) is 0. The van der Waals surface area contributed by atoms with Gasteiger partial charge in [0.15, 0.2) is 11.0 Å². The summed E-state index contributed by atoms with van der Waals surface area (Å²) in [7, 11) is 1.85. The maximum Gasteiger partial charge on any atom is 0.240 e. The Labute approximate surface area is 167 Å². The van der Waals surface area contributed by atoms with Crippen LogP contribution < -0.4 is 4.90 Å². The number of carbonyl (C=O) groups excluding carboxylic acids is 1. The van der Waals surface area contributed by atoms with Crippen LogP contribution in [0.2, 0.25) is 0 Å². The van der Waals surface area contributed by atoms with Gasteiger partial charge in [-0.05, 0) is 56.2 Å². The van der Waals surface area contributed by atoms with Gasteiger partial charge >= 0.3 is 0 Å². The van der Waals surface area contributed by atoms with Crippen LogP contribution in [0.25, 0.3) is 11.4 Å². The van der Waals surface area contributed by atoms with Gasteiger partial charge in [0.2, 0.25) is 5.91 Å². The smallest absolute Gasteiger partial charge is 0.240 e. The zero-order valence-corrected chi connectivity index (χ0v) is 16.8. The molecule has 2 heterocycles. The van der Waals surface area contributed by atoms with E-state index < -0.39 is 0 Å². The molecule has 0 N–H and O–H groups in total. The van der Waals surface area contributed by atoms with Crippen molar-refractivity contribution in [2.75, 3.05) is 4.90 Å². The zero-order valence-electron chi connectivity index (χ0n) is 16.0. The first-order chi connectivity index (χ1) is 13.5. The van der Waals surface area contributed by atoms with Crippen molar-refractivity contribution < 1.29 is 9.18 Å². The standard InChI is InChI=1S/C21H21FN4OS/c1-13-12-16-6-4-5-7-18(16)26(13)20(27)14(2)28-21-24-23-19(25(21)3)15-8-10-17(22)11-9-15/h4-11,13-14H,12H2,1-3H3. The molecule has 3 aromatic rings. The molecule has 4 rings (SSSR count). The van der Waals surface area contributed by atoms with Gasteiger partial charge in [-0.1, -0.05) is 30.0 Å². The third-order valence-electron chi connectivity index (χ3n) is 5.01. The Hall–Kier alpha value is -2.67. The summed E-state index contributed by atoms with van der Waals surface area (Å²) >= 11 is 1.38. The summed E-state index contributed by atoms with van der Waals surface area (Å²) < 4.78 is 15.0. The highest BCUT2D eigenvalue weighted by atomic mass is 32.2. The number of anilines is 1. The van der Waals surface area contributed by atoms with E-state index in [-0.39, 0.29) is 23.0 Å². The number of hydrogen-bond acceptors (Lipinski definition) is 4. The average Bonchev–Trinajstić information content (AvgIpc) is 3.21. The zero-order chi connectivity index (χ0) is 19.8. The van der Waals surface area contributed by atoms with E-state index in [1.807, 2.05) is 41.6 Å². The number of fused-ring (bicyclic) bond motifs is 1. The van der Waals surface area contributed by atoms with Crippen LogP contribution in [0.1, 0.15) is 19.4 Å². The summed E-state index contributed by atoms with van der Waals surface area (Å²) in [5.74, 6) is 0.413. The Bertz CT molecular complexity index is 1020. The highest BCUT2D eigenvalue weighted by molar-refractivity contribution is 8.00. The van der Waals surface area contributed by atoms with E-state index >= 15 is 0 Å². The van der Waals surface area contributed by atoms with Gasteiger partial charge < -0.3 is 9.47 Å². The molecule has 0 radical (unpaired) electrons. The minimum absolute atomic E-state index is 0.0637. The first-order valence-electron chi connectivity index (χ1n) is 9.18. The van der Waals surface area contributed by atoms with Gasteiger partial charge in [-0.15, -0.1) is 10.2 Å². The lowest BCUT2D eigenvalue weighted by molar-refractivity contribution is -0.118. The fourth-order valence-electron chi connectivity index (χ4n) is 3.57. The van der Waals surface area contributed by atoms with Crippen molar-refractivity contribution in [1.82, 2.24) is 14.8 Å². The van der Waals surface area contributed by atoms with Gasteiger partial charge in [-0.25, -0.2) is 4.39 Å². The summed E-state index contributed by atoms with van der Waals surface area (Å²) in [6.07, 6.45) is 0.873. The number of benzene rings is 2. The molecular formula is C21H21FN4OS. The largest absolute Gasteiger partial charge is 0.308 e. The Morgan fingerprint density at radius 1 is 1.18 bits per heavy atom. The molecule has 0 spiro atoms. The Morgan fingerprint density at radius 3 is 2.64 bits per heavy atom. The Balaban J connectivity index is 1.53. The van der Waals surface area contributed by atoms with Crippen molar-refractivity contribution >= 4 is 23.4 Å². The number of amides is 1. The minimum atomic E-state index is -0.308. The number of nitrogens with zero attached hydrogens (tertiary/aromatic N) is 4. The van der Waals surface area contributed by atoms with Crippen molar-refractivity contribution in [3.05, 3.63) is 59.9 Å². The Kier molecular flexibility index (Phi) is 4.93. The molecule has 0 bridgehead atoms. The van der Waals surface area contributed by atoms with Crippen molar-refractivity contribution in [2.24, 2.45) is 7.05 Å². The van der Waals surface area contributed by atoms with Crippen LogP contribution in [0, 0.1) is 5.82 Å². The monoisotopic (exact) mass is 396 g/mol. The molecule has 0 fully saturated rings. The second-order valence-corrected chi connectivity index (χ2v) is 8.33. The fraction of sp³-hybridized carbons (Fsp3) is 0.286. The highest BCUT2D eigenvalue weighted by Crippen LogP contribution is 2.35. The van der Waals surface area contributed by atoms with Gasteiger partial charge in [-0.3, -0.25) is 4.79 Å². The van der Waals surface area contributed by atoms with Gasteiger partial charge in [0.1, 0.15) is 5.82 Å².